The fraction of sp³-hybridized carbons (Fsp3) is 0.0667. The van der Waals surface area contributed by atoms with Crippen LogP contribution >= 0.6 is 46.7 Å². The molecule has 9 heteroatoms. The molecular formula is C15H10N4OS4. The molecule has 1 aromatic carbocycles. The summed E-state index contributed by atoms with van der Waals surface area (Å²) < 4.78 is 8.66. The summed E-state index contributed by atoms with van der Waals surface area (Å²) in [6, 6.07) is 13.8. The van der Waals surface area contributed by atoms with E-state index in [1.54, 1.807) is 27.8 Å². The first-order chi connectivity index (χ1) is 11.8. The lowest BCUT2D eigenvalue weighted by Gasteiger charge is -1.98. The minimum Gasteiger partial charge on any atom is -0.333 e. The van der Waals surface area contributed by atoms with Crippen molar-refractivity contribution in [2.45, 2.75) is 10.1 Å². The van der Waals surface area contributed by atoms with Crippen molar-refractivity contribution in [2.24, 2.45) is 0 Å². The van der Waals surface area contributed by atoms with Crippen LogP contribution in [0.25, 0.3) is 16.5 Å². The van der Waals surface area contributed by atoms with E-state index < -0.39 is 0 Å². The average molecular weight is 391 g/mol. The Kier molecular flexibility index (Phi) is 4.56. The monoisotopic (exact) mass is 390 g/mol. The van der Waals surface area contributed by atoms with E-state index in [0.717, 1.165) is 18.9 Å². The minimum absolute atomic E-state index is 0.558. The molecule has 0 unspecified atom stereocenters. The van der Waals surface area contributed by atoms with Gasteiger partial charge in [0.05, 0.1) is 16.3 Å². The summed E-state index contributed by atoms with van der Waals surface area (Å²) in [6.07, 6.45) is 0. The molecule has 0 aliphatic carbocycles. The summed E-state index contributed by atoms with van der Waals surface area (Å²) in [4.78, 5) is 5.39. The second-order valence-electron chi connectivity index (χ2n) is 4.66. The van der Waals surface area contributed by atoms with Crippen molar-refractivity contribution in [3.05, 3.63) is 57.6 Å². The number of hydrogen-bond donors (Lipinski definition) is 0. The molecule has 0 aliphatic rings. The number of thioether (sulfide) groups is 1. The van der Waals surface area contributed by atoms with Crippen LogP contribution in [0, 0.1) is 3.95 Å². The Balaban J connectivity index is 1.48. The van der Waals surface area contributed by atoms with E-state index in [0.29, 0.717) is 17.5 Å². The number of aromatic nitrogens is 4. The molecule has 0 atom stereocenters. The van der Waals surface area contributed by atoms with E-state index in [-0.39, 0.29) is 0 Å². The number of nitrogens with zero attached hydrogens (tertiary/aromatic N) is 4. The van der Waals surface area contributed by atoms with Crippen molar-refractivity contribution < 1.29 is 4.52 Å². The van der Waals surface area contributed by atoms with Gasteiger partial charge in [-0.15, -0.1) is 16.4 Å². The third kappa shape index (κ3) is 3.34. The summed E-state index contributed by atoms with van der Waals surface area (Å²) in [5.41, 5.74) is 0.963. The number of thiophene rings is 1. The molecule has 0 radical (unpaired) electrons. The van der Waals surface area contributed by atoms with E-state index in [4.69, 9.17) is 16.7 Å². The zero-order valence-electron chi connectivity index (χ0n) is 12.2. The predicted octanol–water partition coefficient (Wildman–Crippen LogP) is 5.07. The van der Waals surface area contributed by atoms with Crippen molar-refractivity contribution >= 4 is 46.7 Å². The van der Waals surface area contributed by atoms with Crippen LogP contribution in [0.5, 0.6) is 0 Å². The lowest BCUT2D eigenvalue weighted by molar-refractivity contribution is 0.426. The summed E-state index contributed by atoms with van der Waals surface area (Å²) in [7, 11) is 0. The molecule has 4 rings (SSSR count). The van der Waals surface area contributed by atoms with E-state index in [9.17, 15) is 0 Å². The van der Waals surface area contributed by atoms with E-state index >= 15 is 0 Å². The Labute approximate surface area is 155 Å². The van der Waals surface area contributed by atoms with Crippen LogP contribution < -0.4 is 0 Å². The fourth-order valence-electron chi connectivity index (χ4n) is 1.99. The molecule has 5 nitrogen and oxygen atoms in total. The molecular weight excluding hydrogens is 380 g/mol. The van der Waals surface area contributed by atoms with E-state index in [2.05, 4.69) is 15.2 Å². The number of hydrogen-bond acceptors (Lipinski definition) is 8. The fourth-order valence-corrected chi connectivity index (χ4v) is 4.84. The first-order valence-electron chi connectivity index (χ1n) is 6.94. The Morgan fingerprint density at radius 3 is 2.83 bits per heavy atom. The van der Waals surface area contributed by atoms with Crippen LogP contribution in [0.2, 0.25) is 0 Å². The van der Waals surface area contributed by atoms with Gasteiger partial charge in [-0.05, 0) is 35.8 Å². The summed E-state index contributed by atoms with van der Waals surface area (Å²) in [5, 5.41) is 10.6. The lowest BCUT2D eigenvalue weighted by atomic mass is 10.3. The van der Waals surface area contributed by atoms with Gasteiger partial charge in [0.15, 0.2) is 14.1 Å². The number of rotatable bonds is 5. The number of para-hydroxylation sites is 1. The van der Waals surface area contributed by atoms with Crippen LogP contribution in [0.3, 0.4) is 0 Å². The van der Waals surface area contributed by atoms with Crippen LogP contribution in [-0.2, 0) is 5.75 Å². The topological polar surface area (TPSA) is 56.7 Å². The van der Waals surface area contributed by atoms with Crippen molar-refractivity contribution in [2.75, 3.05) is 0 Å². The van der Waals surface area contributed by atoms with Crippen molar-refractivity contribution in [3.63, 3.8) is 0 Å². The van der Waals surface area contributed by atoms with Crippen LogP contribution in [0.15, 0.2) is 56.7 Å². The molecule has 120 valence electrons. The van der Waals surface area contributed by atoms with Crippen molar-refractivity contribution in [1.82, 2.24) is 19.9 Å². The van der Waals surface area contributed by atoms with Crippen molar-refractivity contribution in [1.29, 1.82) is 0 Å². The van der Waals surface area contributed by atoms with Gasteiger partial charge >= 0.3 is 0 Å². The van der Waals surface area contributed by atoms with Gasteiger partial charge in [-0.3, -0.25) is 0 Å². The second kappa shape index (κ2) is 6.98. The molecule has 0 aliphatic heterocycles. The molecule has 0 saturated carbocycles. The highest BCUT2D eigenvalue weighted by molar-refractivity contribution is 8.00. The maximum atomic E-state index is 5.40. The highest BCUT2D eigenvalue weighted by atomic mass is 32.2. The van der Waals surface area contributed by atoms with Gasteiger partial charge in [0, 0.05) is 0 Å². The largest absolute Gasteiger partial charge is 0.333 e. The Bertz CT molecular complexity index is 988. The van der Waals surface area contributed by atoms with Gasteiger partial charge < -0.3 is 4.52 Å². The van der Waals surface area contributed by atoms with Gasteiger partial charge in [-0.1, -0.05) is 52.5 Å². The third-order valence-corrected chi connectivity index (χ3v) is 6.27. The maximum Gasteiger partial charge on any atom is 0.268 e. The lowest BCUT2D eigenvalue weighted by Crippen LogP contribution is -1.95. The van der Waals surface area contributed by atoms with Gasteiger partial charge in [0.25, 0.3) is 5.89 Å². The zero-order valence-corrected chi connectivity index (χ0v) is 15.4. The Morgan fingerprint density at radius 1 is 1.17 bits per heavy atom. The molecule has 3 aromatic heterocycles. The van der Waals surface area contributed by atoms with Crippen LogP contribution in [-0.4, -0.2) is 19.9 Å². The molecule has 0 amide bonds. The molecule has 4 aromatic rings. The molecule has 0 fully saturated rings. The smallest absolute Gasteiger partial charge is 0.268 e. The van der Waals surface area contributed by atoms with Gasteiger partial charge in [0.1, 0.15) is 0 Å². The molecule has 0 N–H and O–H groups in total. The highest BCUT2D eigenvalue weighted by Crippen LogP contribution is 2.28. The van der Waals surface area contributed by atoms with Crippen LogP contribution in [0.1, 0.15) is 5.82 Å². The van der Waals surface area contributed by atoms with Gasteiger partial charge in [-0.2, -0.15) is 4.98 Å². The molecule has 24 heavy (non-hydrogen) atoms. The maximum absolute atomic E-state index is 5.40. The summed E-state index contributed by atoms with van der Waals surface area (Å²) >= 11 is 10.0. The second-order valence-corrected chi connectivity index (χ2v) is 8.46. The Hall–Kier alpha value is -1.81. The van der Waals surface area contributed by atoms with Gasteiger partial charge in [-0.25, -0.2) is 4.68 Å². The van der Waals surface area contributed by atoms with Crippen LogP contribution in [0.4, 0.5) is 0 Å². The minimum atomic E-state index is 0.558. The summed E-state index contributed by atoms with van der Waals surface area (Å²) in [6.45, 7) is 0. The standard InChI is InChI=1S/C15H10N4OS4/c21-15-19(10-5-2-1-3-6-10)17-14(24-15)23-9-12-16-13(20-18-12)11-7-4-8-22-11/h1-8H,9H2. The molecule has 0 spiro atoms. The van der Waals surface area contributed by atoms with E-state index in [1.807, 2.05) is 47.8 Å². The normalized spacial score (nSPS) is 11.0. The van der Waals surface area contributed by atoms with Crippen molar-refractivity contribution in [3.8, 4) is 16.5 Å². The Morgan fingerprint density at radius 2 is 2.04 bits per heavy atom. The first kappa shape index (κ1) is 15.7. The highest BCUT2D eigenvalue weighted by Gasteiger charge is 2.12. The SMILES string of the molecule is S=c1sc(SCc2noc(-c3cccs3)n2)nn1-c1ccccc1. The first-order valence-corrected chi connectivity index (χ1v) is 10.0. The molecule has 0 saturated heterocycles. The average Bonchev–Trinajstić information content (AvgIpc) is 3.34. The zero-order chi connectivity index (χ0) is 16.4. The molecule has 3 heterocycles. The predicted molar refractivity (Wildman–Crippen MR) is 99.4 cm³/mol. The van der Waals surface area contributed by atoms with Gasteiger partial charge in [0.2, 0.25) is 0 Å². The molecule has 0 bridgehead atoms. The number of benzene rings is 1. The van der Waals surface area contributed by atoms with E-state index in [1.165, 1.54) is 11.3 Å². The quantitative estimate of drug-likeness (QED) is 0.350. The summed E-state index contributed by atoms with van der Waals surface area (Å²) in [5.74, 6) is 1.80. The third-order valence-electron chi connectivity index (χ3n) is 3.05.